The summed E-state index contributed by atoms with van der Waals surface area (Å²) in [6, 6.07) is 0. The fraction of sp³-hybridized carbons (Fsp3) is 1.00. The summed E-state index contributed by atoms with van der Waals surface area (Å²) in [5.74, 6) is 0. The molecular formula is C15H36N4. The highest BCUT2D eigenvalue weighted by Crippen LogP contribution is 1.97. The van der Waals surface area contributed by atoms with Gasteiger partial charge in [-0.2, -0.15) is 0 Å². The van der Waals surface area contributed by atoms with E-state index in [9.17, 15) is 0 Å². The molecule has 0 aromatic rings. The van der Waals surface area contributed by atoms with Crippen LogP contribution in [0.1, 0.15) is 51.4 Å². The first-order valence-electron chi connectivity index (χ1n) is 8.18. The van der Waals surface area contributed by atoms with Crippen molar-refractivity contribution in [3.63, 3.8) is 0 Å². The fourth-order valence-corrected chi connectivity index (χ4v) is 2.05. The molecular weight excluding hydrogens is 236 g/mol. The first-order valence-corrected chi connectivity index (χ1v) is 8.18. The highest BCUT2D eigenvalue weighted by atomic mass is 14.9. The van der Waals surface area contributed by atoms with Crippen LogP contribution < -0.4 is 21.7 Å². The molecule has 0 saturated heterocycles. The lowest BCUT2D eigenvalue weighted by atomic mass is 10.2. The average Bonchev–Trinajstić information content (AvgIpc) is 2.43. The summed E-state index contributed by atoms with van der Waals surface area (Å²) in [5.41, 5.74) is 5.46. The second kappa shape index (κ2) is 17.8. The van der Waals surface area contributed by atoms with Crippen LogP contribution in [0.2, 0.25) is 0 Å². The lowest BCUT2D eigenvalue weighted by Gasteiger charge is -2.06. The minimum absolute atomic E-state index is 0.843. The third kappa shape index (κ3) is 17.8. The molecule has 116 valence electrons. The van der Waals surface area contributed by atoms with E-state index in [1.54, 1.807) is 0 Å². The van der Waals surface area contributed by atoms with Crippen LogP contribution in [0, 0.1) is 0 Å². The van der Waals surface area contributed by atoms with E-state index in [4.69, 9.17) is 5.73 Å². The number of rotatable bonds is 16. The Morgan fingerprint density at radius 3 is 1.47 bits per heavy atom. The maximum Gasteiger partial charge on any atom is -0.00484 e. The molecule has 4 nitrogen and oxygen atoms in total. The van der Waals surface area contributed by atoms with E-state index >= 15 is 0 Å². The van der Waals surface area contributed by atoms with Gasteiger partial charge < -0.3 is 21.7 Å². The molecule has 0 aromatic carbocycles. The Kier molecular flexibility index (Phi) is 17.7. The van der Waals surface area contributed by atoms with Crippen molar-refractivity contribution in [1.29, 1.82) is 0 Å². The van der Waals surface area contributed by atoms with Crippen LogP contribution in [0.3, 0.4) is 0 Å². The maximum atomic E-state index is 5.46. The fourth-order valence-electron chi connectivity index (χ4n) is 2.05. The third-order valence-corrected chi connectivity index (χ3v) is 3.30. The van der Waals surface area contributed by atoms with Gasteiger partial charge in [-0.3, -0.25) is 0 Å². The highest BCUT2D eigenvalue weighted by molar-refractivity contribution is 4.54. The lowest BCUT2D eigenvalue weighted by Crippen LogP contribution is -2.21. The molecule has 0 fully saturated rings. The Labute approximate surface area is 120 Å². The molecule has 0 heterocycles. The normalized spacial score (nSPS) is 11.1. The molecule has 0 amide bonds. The number of hydrogen-bond acceptors (Lipinski definition) is 4. The van der Waals surface area contributed by atoms with Gasteiger partial charge in [-0.1, -0.05) is 12.8 Å². The second-order valence-corrected chi connectivity index (χ2v) is 5.22. The summed E-state index contributed by atoms with van der Waals surface area (Å²) in [5, 5.41) is 10.2. The topological polar surface area (TPSA) is 62.1 Å². The van der Waals surface area contributed by atoms with Crippen molar-refractivity contribution in [1.82, 2.24) is 16.0 Å². The van der Waals surface area contributed by atoms with Gasteiger partial charge in [-0.05, 0) is 84.8 Å². The molecule has 0 aliphatic carbocycles. The second-order valence-electron chi connectivity index (χ2n) is 5.22. The molecule has 0 spiro atoms. The van der Waals surface area contributed by atoms with Gasteiger partial charge in [0.1, 0.15) is 0 Å². The number of unbranched alkanes of at least 4 members (excludes halogenated alkanes) is 5. The number of nitrogens with two attached hydrogens (primary N) is 1. The highest BCUT2D eigenvalue weighted by Gasteiger charge is 1.92. The van der Waals surface area contributed by atoms with Crippen molar-refractivity contribution < 1.29 is 0 Å². The quantitative estimate of drug-likeness (QED) is 0.321. The number of nitrogens with one attached hydrogen (secondary N) is 3. The van der Waals surface area contributed by atoms with Crippen LogP contribution in [0.4, 0.5) is 0 Å². The summed E-state index contributed by atoms with van der Waals surface area (Å²) in [4.78, 5) is 0. The SMILES string of the molecule is CNCCCCNCCCCNCCCCCCN. The Morgan fingerprint density at radius 1 is 0.579 bits per heavy atom. The zero-order chi connectivity index (χ0) is 14.0. The largest absolute Gasteiger partial charge is 0.330 e. The van der Waals surface area contributed by atoms with Crippen LogP contribution in [-0.2, 0) is 0 Å². The Balaban J connectivity index is 2.88. The summed E-state index contributed by atoms with van der Waals surface area (Å²) < 4.78 is 0. The first-order chi connectivity index (χ1) is 9.41. The minimum Gasteiger partial charge on any atom is -0.330 e. The molecule has 0 unspecified atom stereocenters. The molecule has 19 heavy (non-hydrogen) atoms. The molecule has 0 aromatic heterocycles. The van der Waals surface area contributed by atoms with E-state index in [0.717, 1.165) is 26.2 Å². The summed E-state index contributed by atoms with van der Waals surface area (Å²) in [6.45, 7) is 6.64. The Morgan fingerprint density at radius 2 is 1.00 bits per heavy atom. The van der Waals surface area contributed by atoms with Crippen LogP contribution >= 0.6 is 0 Å². The van der Waals surface area contributed by atoms with Gasteiger partial charge >= 0.3 is 0 Å². The number of hydrogen-bond donors (Lipinski definition) is 4. The molecule has 0 aliphatic heterocycles. The maximum absolute atomic E-state index is 5.46. The molecule has 0 rings (SSSR count). The van der Waals surface area contributed by atoms with Gasteiger partial charge in [-0.15, -0.1) is 0 Å². The van der Waals surface area contributed by atoms with Crippen molar-refractivity contribution in [2.45, 2.75) is 51.4 Å². The molecule has 0 saturated carbocycles. The van der Waals surface area contributed by atoms with E-state index in [2.05, 4.69) is 16.0 Å². The molecule has 4 heteroatoms. The average molecular weight is 272 g/mol. The minimum atomic E-state index is 0.843. The predicted molar refractivity (Wildman–Crippen MR) is 85.7 cm³/mol. The van der Waals surface area contributed by atoms with Crippen molar-refractivity contribution >= 4 is 0 Å². The Hall–Kier alpha value is -0.160. The smallest absolute Gasteiger partial charge is 0.00484 e. The zero-order valence-corrected chi connectivity index (χ0v) is 13.0. The van der Waals surface area contributed by atoms with E-state index in [1.165, 1.54) is 64.5 Å². The Bertz CT molecular complexity index is 137. The van der Waals surface area contributed by atoms with Crippen molar-refractivity contribution in [2.75, 3.05) is 46.3 Å². The van der Waals surface area contributed by atoms with Gasteiger partial charge in [0.25, 0.3) is 0 Å². The predicted octanol–water partition coefficient (Wildman–Crippen LogP) is 1.46. The van der Waals surface area contributed by atoms with Crippen LogP contribution in [-0.4, -0.2) is 46.3 Å². The summed E-state index contributed by atoms with van der Waals surface area (Å²) >= 11 is 0. The monoisotopic (exact) mass is 272 g/mol. The van der Waals surface area contributed by atoms with Gasteiger partial charge in [0.05, 0.1) is 0 Å². The summed E-state index contributed by atoms with van der Waals surface area (Å²) in [7, 11) is 2.01. The zero-order valence-electron chi connectivity index (χ0n) is 13.0. The molecule has 0 atom stereocenters. The van der Waals surface area contributed by atoms with Crippen LogP contribution in [0.15, 0.2) is 0 Å². The van der Waals surface area contributed by atoms with Gasteiger partial charge in [0.2, 0.25) is 0 Å². The first kappa shape index (κ1) is 18.8. The van der Waals surface area contributed by atoms with E-state index in [1.807, 2.05) is 7.05 Å². The van der Waals surface area contributed by atoms with Crippen LogP contribution in [0.5, 0.6) is 0 Å². The van der Waals surface area contributed by atoms with Gasteiger partial charge in [-0.25, -0.2) is 0 Å². The van der Waals surface area contributed by atoms with E-state index < -0.39 is 0 Å². The standard InChI is InChI=1S/C15H36N4/c1-17-11-6-7-13-19-15-9-8-14-18-12-5-3-2-4-10-16/h17-19H,2-16H2,1H3. The molecule has 0 radical (unpaired) electrons. The van der Waals surface area contributed by atoms with Crippen molar-refractivity contribution in [3.05, 3.63) is 0 Å². The van der Waals surface area contributed by atoms with Gasteiger partial charge in [0.15, 0.2) is 0 Å². The van der Waals surface area contributed by atoms with Crippen molar-refractivity contribution in [2.24, 2.45) is 5.73 Å². The lowest BCUT2D eigenvalue weighted by molar-refractivity contribution is 0.546. The van der Waals surface area contributed by atoms with E-state index in [-0.39, 0.29) is 0 Å². The third-order valence-electron chi connectivity index (χ3n) is 3.30. The molecule has 5 N–H and O–H groups in total. The van der Waals surface area contributed by atoms with Gasteiger partial charge in [0, 0.05) is 0 Å². The molecule has 0 aliphatic rings. The van der Waals surface area contributed by atoms with E-state index in [0.29, 0.717) is 0 Å². The summed E-state index contributed by atoms with van der Waals surface area (Å²) in [6.07, 6.45) is 10.2. The molecule has 0 bridgehead atoms. The van der Waals surface area contributed by atoms with Crippen LogP contribution in [0.25, 0.3) is 0 Å². The van der Waals surface area contributed by atoms with Crippen molar-refractivity contribution in [3.8, 4) is 0 Å².